The molecule has 0 aromatic heterocycles. The van der Waals surface area contributed by atoms with Crippen molar-refractivity contribution >= 4 is 128 Å². The normalized spacial score (nSPS) is 12.6. The van der Waals surface area contributed by atoms with Crippen LogP contribution >= 0.6 is 35.7 Å². The Morgan fingerprint density at radius 3 is 1.95 bits per heavy atom. The maximum Gasteiger partial charge on any atom is 0.296 e. The summed E-state index contributed by atoms with van der Waals surface area (Å²) in [6.45, 7) is 0. The van der Waals surface area contributed by atoms with Crippen LogP contribution in [-0.4, -0.2) is 46.7 Å². The van der Waals surface area contributed by atoms with Crippen molar-refractivity contribution in [3.8, 4) is 11.5 Å². The highest BCUT2D eigenvalue weighted by Crippen LogP contribution is 2.47. The highest BCUT2D eigenvalue weighted by molar-refractivity contribution is 7.95. The zero-order valence-corrected chi connectivity index (χ0v) is 34.5. The zero-order chi connectivity index (χ0) is 44.3. The number of nitrogen functional groups attached to an aromatic ring is 1. The van der Waals surface area contributed by atoms with Crippen LogP contribution in [-0.2, 0) is 39.0 Å². The van der Waals surface area contributed by atoms with Gasteiger partial charge in [0.1, 0.15) is 27.7 Å². The molecule has 0 amide bonds. The van der Waals surface area contributed by atoms with Crippen LogP contribution < -0.4 is 5.73 Å². The Morgan fingerprint density at radius 1 is 0.581 bits per heavy atom. The Kier molecular flexibility index (Phi) is 13.0. The number of phenolic OH excluding ortho intramolecular Hbond substituents is 2. The molecule has 0 saturated carbocycles. The van der Waals surface area contributed by atoms with Crippen molar-refractivity contribution in [1.29, 1.82) is 0 Å². The monoisotopic (exact) mass is 941 g/mol. The summed E-state index contributed by atoms with van der Waals surface area (Å²) < 4.78 is 76.5. The first-order chi connectivity index (χ1) is 29.5. The molecule has 7 aromatic rings. The highest BCUT2D eigenvalue weighted by Gasteiger charge is 2.21. The standard InChI is InChI=1S/C36H24ClN7O14S4/c37-25-15-30(43-39-19-4-6-21-17(10-19)2-1-3-32(21)59-57-55-47)31(45)16-29(25)42-40-27-8-9-28(24-13-20(61(49,50)51)5-7-22(24)27)41-44-35-33(60-58-56-48)11-18-12-34(62(52,53)54)26(38)14-23(18)36(35)46/h1-16,45-48H,38H2,(H,49,50,51)(H,52,53,54). The number of nitrogens with two attached hydrogens (primary N) is 1. The molecule has 7 rings (SSSR count). The second-order valence-corrected chi connectivity index (χ2v) is 17.2. The lowest BCUT2D eigenvalue weighted by molar-refractivity contribution is -0.432. The number of phenols is 2. The Hall–Kier alpha value is -5.91. The van der Waals surface area contributed by atoms with Gasteiger partial charge >= 0.3 is 0 Å². The summed E-state index contributed by atoms with van der Waals surface area (Å²) in [5.74, 6) is -0.951. The number of azo groups is 3. The third kappa shape index (κ3) is 9.59. The molecule has 26 heteroatoms. The van der Waals surface area contributed by atoms with Crippen molar-refractivity contribution in [2.24, 2.45) is 30.7 Å². The maximum absolute atomic E-state index is 12.2. The lowest BCUT2D eigenvalue weighted by atomic mass is 10.1. The molecule has 21 nitrogen and oxygen atoms in total. The van der Waals surface area contributed by atoms with E-state index < -0.39 is 41.5 Å². The van der Waals surface area contributed by atoms with Crippen LogP contribution in [0.3, 0.4) is 0 Å². The number of halogens is 1. The van der Waals surface area contributed by atoms with Crippen LogP contribution in [0.1, 0.15) is 0 Å². The SMILES string of the molecule is Nc1cc2c(O)c(N=Nc3ccc(N=Nc4cc(O)c(N=Nc5ccc6c(SOOO)cccc6c5)cc4Cl)c4ccc(S(=O)(=O)O)cc34)c(SOOO)cc2cc1S(=O)(=O)O. The molecule has 0 radical (unpaired) electrons. The third-order valence-electron chi connectivity index (χ3n) is 8.67. The smallest absolute Gasteiger partial charge is 0.296 e. The van der Waals surface area contributed by atoms with Gasteiger partial charge in [0.25, 0.3) is 20.2 Å². The van der Waals surface area contributed by atoms with Gasteiger partial charge in [0.05, 0.1) is 61.6 Å². The molecule has 7 aromatic carbocycles. The van der Waals surface area contributed by atoms with Crippen molar-refractivity contribution < 1.29 is 65.4 Å². The number of fused-ring (bicyclic) bond motifs is 3. The van der Waals surface area contributed by atoms with Gasteiger partial charge in [-0.2, -0.15) is 21.9 Å². The van der Waals surface area contributed by atoms with Crippen LogP contribution in [0.5, 0.6) is 11.5 Å². The minimum atomic E-state index is -4.77. The summed E-state index contributed by atoms with van der Waals surface area (Å²) in [7, 11) is -9.51. The van der Waals surface area contributed by atoms with Crippen LogP contribution in [0, 0.1) is 0 Å². The van der Waals surface area contributed by atoms with E-state index in [4.69, 9.17) is 27.8 Å². The molecule has 0 atom stereocenters. The zero-order valence-electron chi connectivity index (χ0n) is 30.5. The van der Waals surface area contributed by atoms with Crippen molar-refractivity contribution in [3.63, 3.8) is 0 Å². The van der Waals surface area contributed by atoms with Gasteiger partial charge in [0, 0.05) is 27.1 Å². The number of benzene rings is 7. The molecule has 0 aliphatic carbocycles. The number of nitrogens with zero attached hydrogens (tertiary/aromatic N) is 6. The molecule has 0 bridgehead atoms. The number of aromatic hydroxyl groups is 2. The molecule has 62 heavy (non-hydrogen) atoms. The maximum atomic E-state index is 12.2. The summed E-state index contributed by atoms with van der Waals surface area (Å²) in [6.07, 6.45) is 0. The second kappa shape index (κ2) is 18.2. The molecule has 0 saturated heterocycles. The van der Waals surface area contributed by atoms with Gasteiger partial charge in [-0.25, -0.2) is 10.5 Å². The highest BCUT2D eigenvalue weighted by atomic mass is 35.5. The quantitative estimate of drug-likeness (QED) is 0.0133. The molecular formula is C36H24ClN7O14S4. The van der Waals surface area contributed by atoms with Gasteiger partial charge < -0.3 is 15.9 Å². The van der Waals surface area contributed by atoms with Crippen molar-refractivity contribution in [2.45, 2.75) is 19.6 Å². The lowest BCUT2D eigenvalue weighted by Crippen LogP contribution is -2.03. The molecule has 0 spiro atoms. The lowest BCUT2D eigenvalue weighted by Gasteiger charge is -2.12. The topological polar surface area (TPSA) is 327 Å². The second-order valence-electron chi connectivity index (χ2n) is 12.5. The van der Waals surface area contributed by atoms with Crippen molar-refractivity contribution in [2.75, 3.05) is 5.73 Å². The Labute approximate surface area is 361 Å². The number of hydrogen-bond acceptors (Lipinski definition) is 21. The summed E-state index contributed by atoms with van der Waals surface area (Å²) in [4.78, 5) is -0.602. The molecule has 0 fully saturated rings. The fourth-order valence-electron chi connectivity index (χ4n) is 5.91. The minimum absolute atomic E-state index is 0.00512. The van der Waals surface area contributed by atoms with Gasteiger partial charge in [0.15, 0.2) is 5.75 Å². The van der Waals surface area contributed by atoms with E-state index in [2.05, 4.69) is 49.4 Å². The molecule has 0 aliphatic heterocycles. The van der Waals surface area contributed by atoms with Gasteiger partial charge in [-0.15, -0.1) is 34.2 Å². The fraction of sp³-hybridized carbons (Fsp3) is 0. The van der Waals surface area contributed by atoms with E-state index in [0.717, 1.165) is 47.1 Å². The predicted octanol–water partition coefficient (Wildman–Crippen LogP) is 11.4. The van der Waals surface area contributed by atoms with Gasteiger partial charge in [-0.05, 0) is 82.9 Å². The van der Waals surface area contributed by atoms with E-state index in [9.17, 15) is 36.2 Å². The fourth-order valence-corrected chi connectivity index (χ4v) is 8.25. The van der Waals surface area contributed by atoms with Gasteiger partial charge in [0.2, 0.25) is 0 Å². The molecule has 0 aliphatic rings. The first-order valence-electron chi connectivity index (χ1n) is 16.8. The molecule has 0 unspecified atom stereocenters. The van der Waals surface area contributed by atoms with E-state index in [0.29, 0.717) is 22.6 Å². The van der Waals surface area contributed by atoms with E-state index >= 15 is 0 Å². The number of rotatable bonds is 14. The minimum Gasteiger partial charge on any atom is -0.506 e. The largest absolute Gasteiger partial charge is 0.506 e. The van der Waals surface area contributed by atoms with E-state index in [1.165, 1.54) is 36.4 Å². The van der Waals surface area contributed by atoms with Crippen LogP contribution in [0.4, 0.5) is 39.8 Å². The van der Waals surface area contributed by atoms with Gasteiger partial charge in [-0.3, -0.25) is 9.11 Å². The van der Waals surface area contributed by atoms with Gasteiger partial charge in [-0.1, -0.05) is 45.9 Å². The first kappa shape index (κ1) is 44.2. The van der Waals surface area contributed by atoms with Crippen molar-refractivity contribution in [3.05, 3.63) is 102 Å². The van der Waals surface area contributed by atoms with Crippen molar-refractivity contribution in [1.82, 2.24) is 0 Å². The average Bonchev–Trinajstić information content (AvgIpc) is 3.23. The summed E-state index contributed by atoms with van der Waals surface area (Å²) >= 11 is 7.64. The number of hydrogen-bond donors (Lipinski definition) is 7. The molecule has 318 valence electrons. The molecular weight excluding hydrogens is 918 g/mol. The van der Waals surface area contributed by atoms with Crippen LogP contribution in [0.15, 0.2) is 147 Å². The molecule has 0 heterocycles. The van der Waals surface area contributed by atoms with E-state index in [-0.39, 0.29) is 65.6 Å². The Balaban J connectivity index is 1.22. The third-order valence-corrected chi connectivity index (χ3v) is 12.0. The predicted molar refractivity (Wildman–Crippen MR) is 225 cm³/mol. The summed E-state index contributed by atoms with van der Waals surface area (Å²) in [5.41, 5.74) is 5.67. The van der Waals surface area contributed by atoms with Crippen LogP contribution in [0.25, 0.3) is 32.3 Å². The summed E-state index contributed by atoms with van der Waals surface area (Å²) in [6, 6.07) is 22.6. The number of anilines is 1. The Morgan fingerprint density at radius 2 is 1.24 bits per heavy atom. The molecule has 8 N–H and O–H groups in total. The van der Waals surface area contributed by atoms with E-state index in [1.54, 1.807) is 30.3 Å². The van der Waals surface area contributed by atoms with Crippen LogP contribution in [0.2, 0.25) is 5.02 Å². The van der Waals surface area contributed by atoms with E-state index in [1.807, 2.05) is 6.07 Å². The summed E-state index contributed by atoms with van der Waals surface area (Å²) in [5, 5.41) is 73.6. The first-order valence-corrected chi connectivity index (χ1v) is 21.5. The Bertz CT molecular complexity index is 3250. The average molecular weight is 942 g/mol.